The van der Waals surface area contributed by atoms with Gasteiger partial charge in [0.1, 0.15) is 12.6 Å². The van der Waals surface area contributed by atoms with Gasteiger partial charge in [0, 0.05) is 26.1 Å². The highest BCUT2D eigenvalue weighted by Gasteiger charge is 2.29. The fourth-order valence-electron chi connectivity index (χ4n) is 3.99. The van der Waals surface area contributed by atoms with Gasteiger partial charge in [-0.3, -0.25) is 4.79 Å². The largest absolute Gasteiger partial charge is 0.480 e. The molecule has 2 atom stereocenters. The molecule has 0 saturated heterocycles. The van der Waals surface area contributed by atoms with E-state index >= 15 is 0 Å². The SMILES string of the molecule is CCOC(CNC(=O)OCC1c2ccccc2-c2ccccc21)CC(=O)N(C)[C@@H](C)C(=O)O. The highest BCUT2D eigenvalue weighted by atomic mass is 16.5. The summed E-state index contributed by atoms with van der Waals surface area (Å²) in [5.41, 5.74) is 4.55. The van der Waals surface area contributed by atoms with E-state index in [0.717, 1.165) is 27.2 Å². The lowest BCUT2D eigenvalue weighted by molar-refractivity contribution is -0.149. The van der Waals surface area contributed by atoms with Gasteiger partial charge in [0.05, 0.1) is 12.5 Å². The molecule has 0 aliphatic heterocycles. The molecule has 3 rings (SSSR count). The molecule has 8 heteroatoms. The molecule has 0 aromatic heterocycles. The van der Waals surface area contributed by atoms with Crippen LogP contribution in [-0.4, -0.2) is 66.9 Å². The van der Waals surface area contributed by atoms with Crippen molar-refractivity contribution in [2.75, 3.05) is 26.8 Å². The molecule has 0 saturated carbocycles. The topological polar surface area (TPSA) is 105 Å². The molecule has 1 aliphatic rings. The van der Waals surface area contributed by atoms with Crippen LogP contribution < -0.4 is 5.32 Å². The summed E-state index contributed by atoms with van der Waals surface area (Å²) in [5.74, 6) is -1.51. The van der Waals surface area contributed by atoms with Crippen LogP contribution in [0.4, 0.5) is 4.79 Å². The first-order valence-corrected chi connectivity index (χ1v) is 11.0. The number of carboxylic acid groups (broad SMARTS) is 1. The second-order valence-corrected chi connectivity index (χ2v) is 8.01. The third-order valence-corrected chi connectivity index (χ3v) is 5.95. The van der Waals surface area contributed by atoms with Gasteiger partial charge in [-0.2, -0.15) is 0 Å². The minimum absolute atomic E-state index is 0.0430. The number of benzene rings is 2. The molecule has 0 radical (unpaired) electrons. The molecule has 2 amide bonds. The summed E-state index contributed by atoms with van der Waals surface area (Å²) >= 11 is 0. The van der Waals surface area contributed by atoms with Crippen molar-refractivity contribution in [3.8, 4) is 11.1 Å². The monoisotopic (exact) mass is 454 g/mol. The normalized spacial score (nSPS) is 14.0. The van der Waals surface area contributed by atoms with Crippen molar-refractivity contribution in [3.63, 3.8) is 0 Å². The van der Waals surface area contributed by atoms with Gasteiger partial charge in [-0.25, -0.2) is 9.59 Å². The van der Waals surface area contributed by atoms with Crippen LogP contribution in [0.15, 0.2) is 48.5 Å². The van der Waals surface area contributed by atoms with E-state index in [1.165, 1.54) is 14.0 Å². The average Bonchev–Trinajstić information content (AvgIpc) is 3.14. The molecular formula is C25H30N2O6. The summed E-state index contributed by atoms with van der Waals surface area (Å²) in [6.07, 6.45) is -1.24. The maximum atomic E-state index is 12.4. The molecule has 1 aliphatic carbocycles. The highest BCUT2D eigenvalue weighted by Crippen LogP contribution is 2.44. The van der Waals surface area contributed by atoms with E-state index in [1.54, 1.807) is 6.92 Å². The van der Waals surface area contributed by atoms with Crippen LogP contribution in [0.2, 0.25) is 0 Å². The fourth-order valence-corrected chi connectivity index (χ4v) is 3.99. The number of amides is 2. The Hall–Kier alpha value is -3.39. The Bertz CT molecular complexity index is 962. The van der Waals surface area contributed by atoms with Gasteiger partial charge in [-0.05, 0) is 36.1 Å². The summed E-state index contributed by atoms with van der Waals surface area (Å²) in [4.78, 5) is 37.0. The second kappa shape index (κ2) is 11.0. The summed E-state index contributed by atoms with van der Waals surface area (Å²) in [7, 11) is 1.43. The Kier molecular flexibility index (Phi) is 8.06. The lowest BCUT2D eigenvalue weighted by Crippen LogP contribution is -2.43. The van der Waals surface area contributed by atoms with Gasteiger partial charge in [-0.1, -0.05) is 48.5 Å². The summed E-state index contributed by atoms with van der Waals surface area (Å²) in [6.45, 7) is 3.84. The number of carbonyl (C=O) groups excluding carboxylic acids is 2. The minimum atomic E-state index is -1.09. The number of hydrogen-bond donors (Lipinski definition) is 2. The van der Waals surface area contributed by atoms with Crippen LogP contribution in [0.3, 0.4) is 0 Å². The van der Waals surface area contributed by atoms with Crippen LogP contribution >= 0.6 is 0 Å². The van der Waals surface area contributed by atoms with Crippen molar-refractivity contribution in [2.24, 2.45) is 0 Å². The molecule has 176 valence electrons. The van der Waals surface area contributed by atoms with Crippen molar-refractivity contribution in [3.05, 3.63) is 59.7 Å². The van der Waals surface area contributed by atoms with Crippen LogP contribution in [0.1, 0.15) is 37.3 Å². The molecule has 2 N–H and O–H groups in total. The Morgan fingerprint density at radius 2 is 1.64 bits per heavy atom. The van der Waals surface area contributed by atoms with E-state index in [4.69, 9.17) is 14.6 Å². The number of ether oxygens (including phenoxy) is 2. The lowest BCUT2D eigenvalue weighted by Gasteiger charge is -2.24. The number of alkyl carbamates (subject to hydrolysis) is 1. The molecule has 0 bridgehead atoms. The van der Waals surface area contributed by atoms with Gasteiger partial charge in [0.25, 0.3) is 0 Å². The Morgan fingerprint density at radius 1 is 1.06 bits per heavy atom. The van der Waals surface area contributed by atoms with Crippen molar-refractivity contribution in [1.29, 1.82) is 0 Å². The number of carbonyl (C=O) groups is 3. The maximum absolute atomic E-state index is 12.4. The van der Waals surface area contributed by atoms with E-state index in [9.17, 15) is 14.4 Å². The van der Waals surface area contributed by atoms with Crippen molar-refractivity contribution in [2.45, 2.75) is 38.3 Å². The average molecular weight is 455 g/mol. The fraction of sp³-hybridized carbons (Fsp3) is 0.400. The van der Waals surface area contributed by atoms with E-state index in [2.05, 4.69) is 17.4 Å². The Labute approximate surface area is 193 Å². The number of rotatable bonds is 10. The molecular weight excluding hydrogens is 424 g/mol. The molecule has 2 aromatic carbocycles. The molecule has 0 fully saturated rings. The smallest absolute Gasteiger partial charge is 0.407 e. The van der Waals surface area contributed by atoms with Crippen molar-refractivity contribution >= 4 is 18.0 Å². The molecule has 0 heterocycles. The zero-order chi connectivity index (χ0) is 24.0. The first kappa shape index (κ1) is 24.3. The molecule has 2 aromatic rings. The van der Waals surface area contributed by atoms with Gasteiger partial charge in [-0.15, -0.1) is 0 Å². The minimum Gasteiger partial charge on any atom is -0.480 e. The maximum Gasteiger partial charge on any atom is 0.407 e. The van der Waals surface area contributed by atoms with Crippen LogP contribution in [0, 0.1) is 0 Å². The predicted molar refractivity (Wildman–Crippen MR) is 123 cm³/mol. The number of aliphatic carboxylic acids is 1. The van der Waals surface area contributed by atoms with Crippen LogP contribution in [0.25, 0.3) is 11.1 Å². The van der Waals surface area contributed by atoms with Crippen LogP contribution in [0.5, 0.6) is 0 Å². The second-order valence-electron chi connectivity index (χ2n) is 8.01. The number of nitrogens with zero attached hydrogens (tertiary/aromatic N) is 1. The number of nitrogens with one attached hydrogen (secondary N) is 1. The lowest BCUT2D eigenvalue weighted by atomic mass is 9.98. The number of fused-ring (bicyclic) bond motifs is 3. The zero-order valence-electron chi connectivity index (χ0n) is 19.1. The first-order valence-electron chi connectivity index (χ1n) is 11.0. The number of hydrogen-bond acceptors (Lipinski definition) is 5. The Morgan fingerprint density at radius 3 is 2.18 bits per heavy atom. The molecule has 33 heavy (non-hydrogen) atoms. The highest BCUT2D eigenvalue weighted by molar-refractivity contribution is 5.83. The van der Waals surface area contributed by atoms with E-state index < -0.39 is 24.2 Å². The van der Waals surface area contributed by atoms with E-state index in [0.29, 0.717) is 6.61 Å². The van der Waals surface area contributed by atoms with Crippen LogP contribution in [-0.2, 0) is 19.1 Å². The number of likely N-dealkylation sites (N-methyl/N-ethyl adjacent to an activating group) is 1. The van der Waals surface area contributed by atoms with Gasteiger partial charge in [0.2, 0.25) is 5.91 Å². The van der Waals surface area contributed by atoms with Gasteiger partial charge < -0.3 is 24.8 Å². The van der Waals surface area contributed by atoms with Gasteiger partial charge >= 0.3 is 12.1 Å². The summed E-state index contributed by atoms with van der Waals surface area (Å²) < 4.78 is 11.1. The third-order valence-electron chi connectivity index (χ3n) is 5.95. The van der Waals surface area contributed by atoms with Crippen molar-refractivity contribution in [1.82, 2.24) is 10.2 Å². The number of carboxylic acids is 1. The molecule has 0 spiro atoms. The quantitative estimate of drug-likeness (QED) is 0.571. The molecule has 8 nitrogen and oxygen atoms in total. The molecule has 1 unspecified atom stereocenters. The van der Waals surface area contributed by atoms with Crippen molar-refractivity contribution < 1.29 is 29.0 Å². The third kappa shape index (κ3) is 5.70. The van der Waals surface area contributed by atoms with E-state index in [-0.39, 0.29) is 31.4 Å². The Balaban J connectivity index is 1.55. The predicted octanol–water partition coefficient (Wildman–Crippen LogP) is 3.25. The first-order chi connectivity index (χ1) is 15.8. The van der Waals surface area contributed by atoms with Gasteiger partial charge in [0.15, 0.2) is 0 Å². The van der Waals surface area contributed by atoms with E-state index in [1.807, 2.05) is 36.4 Å². The standard InChI is InChI=1S/C25H30N2O6/c1-4-32-17(13-23(28)27(3)16(2)24(29)30)14-26-25(31)33-15-22-20-11-7-5-9-18(20)19-10-6-8-12-21(19)22/h5-12,16-17,22H,4,13-15H2,1-3H3,(H,26,31)(H,29,30)/t16-,17?/m0/s1. The zero-order valence-corrected chi connectivity index (χ0v) is 19.1. The summed E-state index contributed by atoms with van der Waals surface area (Å²) in [5, 5.41) is 11.8. The summed E-state index contributed by atoms with van der Waals surface area (Å²) in [6, 6.07) is 15.2.